The van der Waals surface area contributed by atoms with Gasteiger partial charge >= 0.3 is 0 Å². The molecule has 0 aliphatic rings. The van der Waals surface area contributed by atoms with Gasteiger partial charge in [0.15, 0.2) is 0 Å². The molecule has 0 spiro atoms. The van der Waals surface area contributed by atoms with E-state index >= 15 is 0 Å². The molecule has 23 heavy (non-hydrogen) atoms. The SMILES string of the molecule is C.C.CCCCCCCCCCCCCCCCCCCCC. The monoisotopic (exact) mass is 328 g/mol. The molecule has 0 fully saturated rings. The van der Waals surface area contributed by atoms with Crippen molar-refractivity contribution in [2.75, 3.05) is 0 Å². The van der Waals surface area contributed by atoms with Crippen LogP contribution in [0, 0.1) is 0 Å². The normalized spacial score (nSPS) is 10.2. The average Bonchev–Trinajstić information content (AvgIpc) is 2.50. The number of rotatable bonds is 18. The molecule has 0 N–H and O–H groups in total. The lowest BCUT2D eigenvalue weighted by atomic mass is 10.0. The van der Waals surface area contributed by atoms with E-state index in [1.54, 1.807) is 0 Å². The van der Waals surface area contributed by atoms with Crippen molar-refractivity contribution in [3.8, 4) is 0 Å². The van der Waals surface area contributed by atoms with Gasteiger partial charge in [-0.1, -0.05) is 151 Å². The first-order valence-electron chi connectivity index (χ1n) is 10.4. The van der Waals surface area contributed by atoms with Crippen LogP contribution in [0.1, 0.15) is 151 Å². The van der Waals surface area contributed by atoms with Crippen LogP contribution >= 0.6 is 0 Å². The summed E-state index contributed by atoms with van der Waals surface area (Å²) in [5, 5.41) is 0. The third kappa shape index (κ3) is 27.2. The second-order valence-electron chi connectivity index (χ2n) is 7.01. The largest absolute Gasteiger partial charge is 0.0776 e. The lowest BCUT2D eigenvalue weighted by Gasteiger charge is -2.03. The molecule has 0 atom stereocenters. The molecule has 0 aliphatic carbocycles. The van der Waals surface area contributed by atoms with Crippen LogP contribution in [-0.2, 0) is 0 Å². The summed E-state index contributed by atoms with van der Waals surface area (Å²) in [6, 6.07) is 0. The Kier molecular flexibility index (Phi) is 32.5. The van der Waals surface area contributed by atoms with E-state index in [0.717, 1.165) is 0 Å². The maximum atomic E-state index is 2.30. The average molecular weight is 329 g/mol. The van der Waals surface area contributed by atoms with Crippen LogP contribution in [0.15, 0.2) is 0 Å². The molecule has 0 aromatic carbocycles. The summed E-state index contributed by atoms with van der Waals surface area (Å²) in [5.74, 6) is 0. The van der Waals surface area contributed by atoms with Crippen LogP contribution in [0.4, 0.5) is 0 Å². The summed E-state index contributed by atoms with van der Waals surface area (Å²) in [5.41, 5.74) is 0. The van der Waals surface area contributed by atoms with Gasteiger partial charge in [0, 0.05) is 0 Å². The predicted octanol–water partition coefficient (Wildman–Crippen LogP) is 9.71. The maximum Gasteiger partial charge on any atom is -0.0533 e. The zero-order chi connectivity index (χ0) is 15.4. The Labute approximate surface area is 151 Å². The molecule has 0 heteroatoms. The molecule has 0 saturated heterocycles. The van der Waals surface area contributed by atoms with Crippen LogP contribution in [0.3, 0.4) is 0 Å². The van der Waals surface area contributed by atoms with Crippen LogP contribution in [0.25, 0.3) is 0 Å². The lowest BCUT2D eigenvalue weighted by molar-refractivity contribution is 0.524. The van der Waals surface area contributed by atoms with E-state index in [9.17, 15) is 0 Å². The number of unbranched alkanes of at least 4 members (excludes halogenated alkanes) is 18. The first-order valence-corrected chi connectivity index (χ1v) is 10.4. The molecule has 0 unspecified atom stereocenters. The summed E-state index contributed by atoms with van der Waals surface area (Å²) >= 11 is 0. The Morgan fingerprint density at radius 1 is 0.261 bits per heavy atom. The molecular formula is C23H52. The standard InChI is InChI=1S/C21H44.2CH4/c1-3-5-7-9-11-13-15-17-19-21-20-18-16-14-12-10-8-6-4-2;;/h3-21H2,1-2H3;2*1H4. The molecule has 0 radical (unpaired) electrons. The fraction of sp³-hybridized carbons (Fsp3) is 1.00. The second-order valence-corrected chi connectivity index (χ2v) is 7.01. The third-order valence-electron chi connectivity index (χ3n) is 4.71. The Hall–Kier alpha value is 0. The van der Waals surface area contributed by atoms with Crippen LogP contribution < -0.4 is 0 Å². The van der Waals surface area contributed by atoms with E-state index < -0.39 is 0 Å². The van der Waals surface area contributed by atoms with Gasteiger partial charge in [-0.3, -0.25) is 0 Å². The van der Waals surface area contributed by atoms with Crippen molar-refractivity contribution in [3.05, 3.63) is 0 Å². The molecule has 0 rings (SSSR count). The van der Waals surface area contributed by atoms with Crippen LogP contribution in [0.5, 0.6) is 0 Å². The second kappa shape index (κ2) is 26.9. The molecule has 0 amide bonds. The molecule has 144 valence electrons. The van der Waals surface area contributed by atoms with Crippen molar-refractivity contribution < 1.29 is 0 Å². The van der Waals surface area contributed by atoms with E-state index in [1.165, 1.54) is 122 Å². The highest BCUT2D eigenvalue weighted by atomic mass is 14.0. The zero-order valence-corrected chi connectivity index (χ0v) is 15.4. The van der Waals surface area contributed by atoms with Gasteiger partial charge in [0.05, 0.1) is 0 Å². The summed E-state index contributed by atoms with van der Waals surface area (Å²) in [4.78, 5) is 0. The van der Waals surface area contributed by atoms with Crippen molar-refractivity contribution >= 4 is 0 Å². The lowest BCUT2D eigenvalue weighted by Crippen LogP contribution is -1.83. The molecule has 0 heterocycles. The summed E-state index contributed by atoms with van der Waals surface area (Å²) in [6.07, 6.45) is 27.9. The smallest absolute Gasteiger partial charge is 0.0533 e. The maximum absolute atomic E-state index is 2.30. The Balaban J connectivity index is -0.00000200. The van der Waals surface area contributed by atoms with Gasteiger partial charge in [-0.05, 0) is 0 Å². The fourth-order valence-corrected chi connectivity index (χ4v) is 3.15. The molecule has 0 aliphatic heterocycles. The molecule has 0 nitrogen and oxygen atoms in total. The van der Waals surface area contributed by atoms with Gasteiger partial charge in [0.2, 0.25) is 0 Å². The highest BCUT2D eigenvalue weighted by molar-refractivity contribution is 4.50. The van der Waals surface area contributed by atoms with Crippen molar-refractivity contribution in [2.45, 2.75) is 151 Å². The first-order chi connectivity index (χ1) is 10.4. The molecule has 0 saturated carbocycles. The van der Waals surface area contributed by atoms with Crippen molar-refractivity contribution in [1.82, 2.24) is 0 Å². The highest BCUT2D eigenvalue weighted by Gasteiger charge is 1.94. The summed E-state index contributed by atoms with van der Waals surface area (Å²) in [7, 11) is 0. The quantitative estimate of drug-likeness (QED) is 0.220. The van der Waals surface area contributed by atoms with Gasteiger partial charge in [-0.15, -0.1) is 0 Å². The number of hydrogen-bond donors (Lipinski definition) is 0. The molecule has 0 aromatic heterocycles. The van der Waals surface area contributed by atoms with E-state index in [1.807, 2.05) is 0 Å². The Morgan fingerprint density at radius 2 is 0.391 bits per heavy atom. The Morgan fingerprint density at radius 3 is 0.522 bits per heavy atom. The van der Waals surface area contributed by atoms with Gasteiger partial charge in [-0.25, -0.2) is 0 Å². The Bertz CT molecular complexity index is 143. The van der Waals surface area contributed by atoms with Gasteiger partial charge in [0.25, 0.3) is 0 Å². The van der Waals surface area contributed by atoms with Crippen LogP contribution in [-0.4, -0.2) is 0 Å². The highest BCUT2D eigenvalue weighted by Crippen LogP contribution is 2.14. The van der Waals surface area contributed by atoms with Crippen LogP contribution in [0.2, 0.25) is 0 Å². The minimum Gasteiger partial charge on any atom is -0.0776 e. The molecule has 0 bridgehead atoms. The summed E-state index contributed by atoms with van der Waals surface area (Å²) < 4.78 is 0. The van der Waals surface area contributed by atoms with Crippen molar-refractivity contribution in [1.29, 1.82) is 0 Å². The molecular weight excluding hydrogens is 276 g/mol. The minimum absolute atomic E-state index is 0. The van der Waals surface area contributed by atoms with E-state index in [-0.39, 0.29) is 14.9 Å². The number of hydrogen-bond acceptors (Lipinski definition) is 0. The van der Waals surface area contributed by atoms with E-state index in [4.69, 9.17) is 0 Å². The van der Waals surface area contributed by atoms with Gasteiger partial charge < -0.3 is 0 Å². The predicted molar refractivity (Wildman–Crippen MR) is 113 cm³/mol. The van der Waals surface area contributed by atoms with Crippen molar-refractivity contribution in [3.63, 3.8) is 0 Å². The van der Waals surface area contributed by atoms with Crippen molar-refractivity contribution in [2.24, 2.45) is 0 Å². The third-order valence-corrected chi connectivity index (χ3v) is 4.71. The van der Waals surface area contributed by atoms with Gasteiger partial charge in [0.1, 0.15) is 0 Å². The van der Waals surface area contributed by atoms with E-state index in [0.29, 0.717) is 0 Å². The van der Waals surface area contributed by atoms with E-state index in [2.05, 4.69) is 13.8 Å². The topological polar surface area (TPSA) is 0 Å². The fourth-order valence-electron chi connectivity index (χ4n) is 3.15. The minimum atomic E-state index is 0. The molecule has 0 aromatic rings. The zero-order valence-electron chi connectivity index (χ0n) is 15.4. The first kappa shape index (κ1) is 27.8. The summed E-state index contributed by atoms with van der Waals surface area (Å²) in [6.45, 7) is 4.60. The van der Waals surface area contributed by atoms with Gasteiger partial charge in [-0.2, -0.15) is 0 Å².